The highest BCUT2D eigenvalue weighted by Crippen LogP contribution is 2.51. The molecule has 1 aliphatic rings. The Hall–Kier alpha value is -6.16. The van der Waals surface area contributed by atoms with Gasteiger partial charge in [-0.3, -0.25) is 0 Å². The number of fused-ring (bicyclic) bond motifs is 5. The van der Waals surface area contributed by atoms with Crippen molar-refractivity contribution in [3.05, 3.63) is 176 Å². The van der Waals surface area contributed by atoms with E-state index in [4.69, 9.17) is 4.74 Å². The number of anilines is 3. The number of thiophene rings is 1. The molecule has 0 unspecified atom stereocenters. The number of nitrogens with zero attached hydrogens (tertiary/aromatic N) is 1. The molecule has 0 bridgehead atoms. The van der Waals surface area contributed by atoms with Gasteiger partial charge in [-0.05, 0) is 81.7 Å². The van der Waals surface area contributed by atoms with Crippen molar-refractivity contribution in [2.75, 3.05) is 4.90 Å². The van der Waals surface area contributed by atoms with E-state index in [1.165, 1.54) is 53.4 Å². The predicted octanol–water partition coefficient (Wildman–Crippen LogP) is 13.8. The van der Waals surface area contributed by atoms with E-state index in [2.05, 4.69) is 181 Å². The first kappa shape index (κ1) is 27.9. The van der Waals surface area contributed by atoms with Gasteiger partial charge in [0.1, 0.15) is 11.5 Å². The normalized spacial score (nSPS) is 11.8. The summed E-state index contributed by atoms with van der Waals surface area (Å²) in [6.45, 7) is 0. The molecule has 0 spiro atoms. The zero-order chi connectivity index (χ0) is 32.3. The van der Waals surface area contributed by atoms with Gasteiger partial charge in [0.15, 0.2) is 0 Å². The van der Waals surface area contributed by atoms with Gasteiger partial charge in [-0.15, -0.1) is 11.3 Å². The summed E-state index contributed by atoms with van der Waals surface area (Å²) in [6.07, 6.45) is 0. The first-order valence-electron chi connectivity index (χ1n) is 16.6. The standard InChI is InChI=1S/C46H29NOS/c1-3-11-30(12-4-1)32-15-9-16-33(27-32)47(35-22-24-39-38-17-7-8-20-44(38)49-45(39)29-35)34-21-23-37-41-19-10-18-40-36(31-13-5-2-6-14-31)25-26-42(46(40)41)48-43(37)28-34/h1-29H. The summed E-state index contributed by atoms with van der Waals surface area (Å²) < 4.78 is 9.36. The molecule has 0 aliphatic carbocycles. The molecule has 8 aromatic carbocycles. The third-order valence-electron chi connectivity index (χ3n) is 9.65. The lowest BCUT2D eigenvalue weighted by molar-refractivity contribution is 0.487. The molecule has 1 aliphatic heterocycles. The van der Waals surface area contributed by atoms with E-state index in [1.807, 2.05) is 11.3 Å². The summed E-state index contributed by atoms with van der Waals surface area (Å²) in [5.41, 5.74) is 10.3. The maximum Gasteiger partial charge on any atom is 0.137 e. The Balaban J connectivity index is 1.14. The Morgan fingerprint density at radius 1 is 0.367 bits per heavy atom. The van der Waals surface area contributed by atoms with Crippen molar-refractivity contribution in [3.8, 4) is 44.9 Å². The highest BCUT2D eigenvalue weighted by Gasteiger charge is 2.24. The van der Waals surface area contributed by atoms with E-state index < -0.39 is 0 Å². The molecule has 10 rings (SSSR count). The van der Waals surface area contributed by atoms with E-state index in [0.29, 0.717) is 0 Å². The highest BCUT2D eigenvalue weighted by atomic mass is 32.1. The molecule has 49 heavy (non-hydrogen) atoms. The fourth-order valence-electron chi connectivity index (χ4n) is 7.38. The van der Waals surface area contributed by atoms with Gasteiger partial charge in [-0.1, -0.05) is 121 Å². The molecule has 0 N–H and O–H groups in total. The average molecular weight is 644 g/mol. The molecule has 0 atom stereocenters. The van der Waals surface area contributed by atoms with Crippen LogP contribution in [0.4, 0.5) is 17.1 Å². The summed E-state index contributed by atoms with van der Waals surface area (Å²) in [5, 5.41) is 4.95. The van der Waals surface area contributed by atoms with E-state index >= 15 is 0 Å². The lowest BCUT2D eigenvalue weighted by atomic mass is 9.90. The average Bonchev–Trinajstić information content (AvgIpc) is 3.54. The van der Waals surface area contributed by atoms with Crippen LogP contribution in [0.3, 0.4) is 0 Å². The van der Waals surface area contributed by atoms with E-state index in [0.717, 1.165) is 39.5 Å². The molecule has 2 heterocycles. The number of ether oxygens (including phenoxy) is 1. The molecule has 0 radical (unpaired) electrons. The van der Waals surface area contributed by atoms with Crippen molar-refractivity contribution in [3.63, 3.8) is 0 Å². The van der Waals surface area contributed by atoms with Crippen LogP contribution in [0, 0.1) is 0 Å². The minimum Gasteiger partial charge on any atom is -0.456 e. The van der Waals surface area contributed by atoms with Gasteiger partial charge >= 0.3 is 0 Å². The number of benzene rings is 8. The quantitative estimate of drug-likeness (QED) is 0.185. The Morgan fingerprint density at radius 2 is 1.02 bits per heavy atom. The fourth-order valence-corrected chi connectivity index (χ4v) is 8.52. The molecule has 0 saturated carbocycles. The summed E-state index contributed by atoms with van der Waals surface area (Å²) in [5.74, 6) is 1.75. The van der Waals surface area contributed by atoms with Crippen molar-refractivity contribution in [2.24, 2.45) is 0 Å². The summed E-state index contributed by atoms with van der Waals surface area (Å²) in [4.78, 5) is 2.36. The van der Waals surface area contributed by atoms with E-state index in [-0.39, 0.29) is 0 Å². The minimum atomic E-state index is 0.858. The first-order chi connectivity index (χ1) is 24.3. The zero-order valence-electron chi connectivity index (χ0n) is 26.5. The summed E-state index contributed by atoms with van der Waals surface area (Å²) in [7, 11) is 0. The van der Waals surface area contributed by atoms with Gasteiger partial charge in [0, 0.05) is 54.3 Å². The summed E-state index contributed by atoms with van der Waals surface area (Å²) in [6, 6.07) is 63.1. The molecule has 0 fully saturated rings. The smallest absolute Gasteiger partial charge is 0.137 e. The third kappa shape index (κ3) is 4.62. The number of hydrogen-bond acceptors (Lipinski definition) is 3. The summed E-state index contributed by atoms with van der Waals surface area (Å²) >= 11 is 1.84. The van der Waals surface area contributed by atoms with Crippen LogP contribution in [0.2, 0.25) is 0 Å². The predicted molar refractivity (Wildman–Crippen MR) is 208 cm³/mol. The second-order valence-corrected chi connectivity index (χ2v) is 13.6. The molecule has 0 saturated heterocycles. The lowest BCUT2D eigenvalue weighted by Gasteiger charge is -2.28. The molecule has 1 aromatic heterocycles. The molecule has 230 valence electrons. The zero-order valence-corrected chi connectivity index (χ0v) is 27.3. The largest absolute Gasteiger partial charge is 0.456 e. The Bertz CT molecular complexity index is 2690. The van der Waals surface area contributed by atoms with Crippen LogP contribution in [0.15, 0.2) is 176 Å². The van der Waals surface area contributed by atoms with Crippen LogP contribution in [-0.2, 0) is 0 Å². The Morgan fingerprint density at radius 3 is 1.90 bits per heavy atom. The molecular formula is C46H29NOS. The molecule has 3 heteroatoms. The molecule has 9 aromatic rings. The molecular weight excluding hydrogens is 615 g/mol. The van der Waals surface area contributed by atoms with Crippen LogP contribution in [0.25, 0.3) is 64.3 Å². The van der Waals surface area contributed by atoms with Crippen molar-refractivity contribution >= 4 is 59.3 Å². The van der Waals surface area contributed by atoms with Gasteiger partial charge in [0.05, 0.1) is 0 Å². The highest BCUT2D eigenvalue weighted by molar-refractivity contribution is 7.25. The van der Waals surface area contributed by atoms with Crippen LogP contribution < -0.4 is 9.64 Å². The second kappa shape index (κ2) is 11.2. The van der Waals surface area contributed by atoms with Gasteiger partial charge < -0.3 is 9.64 Å². The van der Waals surface area contributed by atoms with Crippen molar-refractivity contribution in [2.45, 2.75) is 0 Å². The topological polar surface area (TPSA) is 12.5 Å². The van der Waals surface area contributed by atoms with Gasteiger partial charge in [0.25, 0.3) is 0 Å². The van der Waals surface area contributed by atoms with Crippen molar-refractivity contribution in [1.29, 1.82) is 0 Å². The number of hydrogen-bond donors (Lipinski definition) is 0. The SMILES string of the molecule is c1ccc(-c2cccc(N(c3ccc4c(c3)Oc3ccc(-c5ccccc5)c5cccc-4c35)c3ccc4c(c3)sc3ccccc34)c2)cc1. The molecule has 0 amide bonds. The van der Waals surface area contributed by atoms with Crippen LogP contribution in [0.5, 0.6) is 11.5 Å². The minimum absolute atomic E-state index is 0.858. The van der Waals surface area contributed by atoms with E-state index in [9.17, 15) is 0 Å². The first-order valence-corrected chi connectivity index (χ1v) is 17.4. The lowest BCUT2D eigenvalue weighted by Crippen LogP contribution is -2.10. The second-order valence-electron chi connectivity index (χ2n) is 12.5. The molecule has 2 nitrogen and oxygen atoms in total. The Labute approximate surface area is 288 Å². The maximum absolute atomic E-state index is 6.78. The van der Waals surface area contributed by atoms with Crippen LogP contribution in [0.1, 0.15) is 0 Å². The van der Waals surface area contributed by atoms with Crippen LogP contribution >= 0.6 is 11.3 Å². The van der Waals surface area contributed by atoms with Gasteiger partial charge in [0.2, 0.25) is 0 Å². The van der Waals surface area contributed by atoms with Crippen molar-refractivity contribution in [1.82, 2.24) is 0 Å². The maximum atomic E-state index is 6.78. The van der Waals surface area contributed by atoms with Crippen molar-refractivity contribution < 1.29 is 4.74 Å². The Kier molecular flexibility index (Phi) is 6.39. The monoisotopic (exact) mass is 643 g/mol. The van der Waals surface area contributed by atoms with Gasteiger partial charge in [-0.2, -0.15) is 0 Å². The van der Waals surface area contributed by atoms with Gasteiger partial charge in [-0.25, -0.2) is 0 Å². The third-order valence-corrected chi connectivity index (χ3v) is 10.8. The van der Waals surface area contributed by atoms with Crippen LogP contribution in [-0.4, -0.2) is 0 Å². The number of rotatable bonds is 5. The fraction of sp³-hybridized carbons (Fsp3) is 0. The van der Waals surface area contributed by atoms with E-state index in [1.54, 1.807) is 0 Å².